The molecule has 2 bridgehead atoms. The molecule has 0 aliphatic carbocycles. The quantitative estimate of drug-likeness (QED) is 0.560. The highest BCUT2D eigenvalue weighted by atomic mass is 16.7. The monoisotopic (exact) mass is 215 g/mol. The zero-order chi connectivity index (χ0) is 11.0. The minimum absolute atomic E-state index is 0.207. The molecule has 0 aromatic rings. The number of methoxy groups -OCH3 is 1. The highest BCUT2D eigenvalue weighted by Crippen LogP contribution is 2.27. The summed E-state index contributed by atoms with van der Waals surface area (Å²) in [5.41, 5.74) is 0. The summed E-state index contributed by atoms with van der Waals surface area (Å²) in [6.45, 7) is 2.83. The minimum atomic E-state index is -0.913. The van der Waals surface area contributed by atoms with Gasteiger partial charge < -0.3 is 19.1 Å². The molecule has 0 aromatic carbocycles. The first-order chi connectivity index (χ1) is 7.17. The molecular formula is C9H13NO5. The molecule has 0 unspecified atom stereocenters. The van der Waals surface area contributed by atoms with Crippen LogP contribution in [0.15, 0.2) is 0 Å². The molecule has 2 saturated heterocycles. The molecule has 0 saturated carbocycles. The number of amides is 1. The van der Waals surface area contributed by atoms with Crippen LogP contribution < -0.4 is 0 Å². The Kier molecular flexibility index (Phi) is 2.62. The number of rotatable bonds is 2. The van der Waals surface area contributed by atoms with Gasteiger partial charge >= 0.3 is 5.97 Å². The number of morpholine rings is 1. The Labute approximate surface area is 87.1 Å². The molecule has 3 atom stereocenters. The van der Waals surface area contributed by atoms with Gasteiger partial charge in [0, 0.05) is 6.54 Å². The van der Waals surface area contributed by atoms with Crippen molar-refractivity contribution in [3.63, 3.8) is 0 Å². The second-order valence-corrected chi connectivity index (χ2v) is 3.44. The first-order valence-corrected chi connectivity index (χ1v) is 4.85. The lowest BCUT2D eigenvalue weighted by Crippen LogP contribution is -2.50. The maximum atomic E-state index is 11.8. The number of ether oxygens (including phenoxy) is 3. The first kappa shape index (κ1) is 10.4. The van der Waals surface area contributed by atoms with Gasteiger partial charge in [0.15, 0.2) is 18.5 Å². The summed E-state index contributed by atoms with van der Waals surface area (Å²) < 4.78 is 15.1. The molecule has 0 N–H and O–H groups in total. The van der Waals surface area contributed by atoms with Gasteiger partial charge in [-0.2, -0.15) is 0 Å². The fourth-order valence-electron chi connectivity index (χ4n) is 1.81. The van der Waals surface area contributed by atoms with Gasteiger partial charge in [-0.25, -0.2) is 4.79 Å². The van der Waals surface area contributed by atoms with Crippen LogP contribution in [0.1, 0.15) is 6.92 Å². The van der Waals surface area contributed by atoms with Crippen molar-refractivity contribution in [2.75, 3.05) is 20.2 Å². The van der Waals surface area contributed by atoms with Gasteiger partial charge in [-0.15, -0.1) is 0 Å². The Balaban J connectivity index is 2.15. The highest BCUT2D eigenvalue weighted by molar-refractivity contribution is 5.89. The molecule has 1 amide bonds. The SMILES string of the molecule is CCN1C[C@H]2O[C@H](C(=O)OC)[C@H](O2)C1=O. The van der Waals surface area contributed by atoms with Crippen LogP contribution in [0.2, 0.25) is 0 Å². The van der Waals surface area contributed by atoms with Crippen LogP contribution in [0.4, 0.5) is 0 Å². The second-order valence-electron chi connectivity index (χ2n) is 3.44. The number of fused-ring (bicyclic) bond motifs is 2. The summed E-state index contributed by atoms with van der Waals surface area (Å²) in [7, 11) is 1.26. The standard InChI is InChI=1S/C9H13NO5/c1-3-10-4-5-14-6(8(10)11)7(15-5)9(12)13-2/h5-7H,3-4H2,1-2H3/t5-,6+,7+/m1/s1. The fourth-order valence-corrected chi connectivity index (χ4v) is 1.81. The zero-order valence-corrected chi connectivity index (χ0v) is 8.63. The molecule has 6 nitrogen and oxygen atoms in total. The van der Waals surface area contributed by atoms with Crippen LogP contribution in [-0.2, 0) is 23.8 Å². The molecular weight excluding hydrogens is 202 g/mol. The number of esters is 1. The number of carbonyl (C=O) groups excluding carboxylic acids is 2. The van der Waals surface area contributed by atoms with Crippen molar-refractivity contribution in [1.29, 1.82) is 0 Å². The van der Waals surface area contributed by atoms with Crippen LogP contribution in [-0.4, -0.2) is 55.5 Å². The number of hydrogen-bond donors (Lipinski definition) is 0. The predicted molar refractivity (Wildman–Crippen MR) is 47.8 cm³/mol. The average Bonchev–Trinajstić information content (AvgIpc) is 2.62. The van der Waals surface area contributed by atoms with E-state index in [1.54, 1.807) is 4.90 Å². The molecule has 2 heterocycles. The van der Waals surface area contributed by atoms with Crippen molar-refractivity contribution in [2.45, 2.75) is 25.4 Å². The predicted octanol–water partition coefficient (Wildman–Crippen LogP) is -0.868. The number of carbonyl (C=O) groups is 2. The number of nitrogens with zero attached hydrogens (tertiary/aromatic N) is 1. The van der Waals surface area contributed by atoms with Crippen molar-refractivity contribution in [1.82, 2.24) is 4.90 Å². The van der Waals surface area contributed by atoms with Crippen LogP contribution in [0, 0.1) is 0 Å². The Morgan fingerprint density at radius 3 is 2.93 bits per heavy atom. The minimum Gasteiger partial charge on any atom is -0.467 e. The Bertz CT molecular complexity index is 292. The molecule has 15 heavy (non-hydrogen) atoms. The normalized spacial score (nSPS) is 34.4. The van der Waals surface area contributed by atoms with Crippen LogP contribution in [0.25, 0.3) is 0 Å². The van der Waals surface area contributed by atoms with E-state index in [4.69, 9.17) is 9.47 Å². The van der Waals surface area contributed by atoms with E-state index >= 15 is 0 Å². The van der Waals surface area contributed by atoms with Crippen molar-refractivity contribution in [3.8, 4) is 0 Å². The van der Waals surface area contributed by atoms with Crippen LogP contribution in [0.5, 0.6) is 0 Å². The van der Waals surface area contributed by atoms with Crippen LogP contribution >= 0.6 is 0 Å². The molecule has 2 rings (SSSR count). The van der Waals surface area contributed by atoms with Crippen molar-refractivity contribution in [2.24, 2.45) is 0 Å². The molecule has 0 spiro atoms. The molecule has 6 heteroatoms. The smallest absolute Gasteiger partial charge is 0.338 e. The maximum absolute atomic E-state index is 11.8. The van der Waals surface area contributed by atoms with E-state index in [9.17, 15) is 9.59 Å². The van der Waals surface area contributed by atoms with Gasteiger partial charge in [0.1, 0.15) is 0 Å². The lowest BCUT2D eigenvalue weighted by atomic mass is 10.1. The Morgan fingerprint density at radius 1 is 1.60 bits per heavy atom. The van der Waals surface area contributed by atoms with Gasteiger partial charge in [-0.3, -0.25) is 4.79 Å². The summed E-state index contributed by atoms with van der Waals surface area (Å²) in [5, 5.41) is 0. The molecule has 0 radical (unpaired) electrons. The summed E-state index contributed by atoms with van der Waals surface area (Å²) in [5.74, 6) is -0.768. The van der Waals surface area contributed by atoms with E-state index in [1.807, 2.05) is 6.92 Å². The van der Waals surface area contributed by atoms with Crippen LogP contribution in [0.3, 0.4) is 0 Å². The largest absolute Gasteiger partial charge is 0.467 e. The van der Waals surface area contributed by atoms with E-state index < -0.39 is 24.5 Å². The van der Waals surface area contributed by atoms with Crippen molar-refractivity contribution >= 4 is 11.9 Å². The summed E-state index contributed by atoms with van der Waals surface area (Å²) in [4.78, 5) is 24.7. The van der Waals surface area contributed by atoms with Gasteiger partial charge in [0.05, 0.1) is 13.7 Å². The van der Waals surface area contributed by atoms with E-state index in [1.165, 1.54) is 7.11 Å². The molecule has 2 aliphatic heterocycles. The molecule has 0 aromatic heterocycles. The Hall–Kier alpha value is -1.14. The first-order valence-electron chi connectivity index (χ1n) is 4.85. The average molecular weight is 215 g/mol. The number of likely N-dealkylation sites (N-methyl/N-ethyl adjacent to an activating group) is 1. The second kappa shape index (κ2) is 3.79. The van der Waals surface area contributed by atoms with E-state index in [0.717, 1.165) is 0 Å². The summed E-state index contributed by atoms with van der Waals surface area (Å²) in [6.07, 6.45) is -2.25. The van der Waals surface area contributed by atoms with E-state index in [-0.39, 0.29) is 5.91 Å². The van der Waals surface area contributed by atoms with Gasteiger partial charge in [0.2, 0.25) is 0 Å². The van der Waals surface area contributed by atoms with Gasteiger partial charge in [-0.1, -0.05) is 0 Å². The summed E-state index contributed by atoms with van der Waals surface area (Å²) >= 11 is 0. The number of hydrogen-bond acceptors (Lipinski definition) is 5. The molecule has 2 aliphatic rings. The highest BCUT2D eigenvalue weighted by Gasteiger charge is 2.51. The Morgan fingerprint density at radius 2 is 2.33 bits per heavy atom. The lowest BCUT2D eigenvalue weighted by molar-refractivity contribution is -0.161. The molecule has 2 fully saturated rings. The third-order valence-electron chi connectivity index (χ3n) is 2.61. The fraction of sp³-hybridized carbons (Fsp3) is 0.778. The molecule has 84 valence electrons. The van der Waals surface area contributed by atoms with Gasteiger partial charge in [-0.05, 0) is 6.92 Å². The topological polar surface area (TPSA) is 65.1 Å². The van der Waals surface area contributed by atoms with Crippen molar-refractivity contribution in [3.05, 3.63) is 0 Å². The third kappa shape index (κ3) is 1.59. The zero-order valence-electron chi connectivity index (χ0n) is 8.63. The van der Waals surface area contributed by atoms with E-state index in [2.05, 4.69) is 4.74 Å². The third-order valence-corrected chi connectivity index (χ3v) is 2.61. The maximum Gasteiger partial charge on any atom is 0.338 e. The van der Waals surface area contributed by atoms with Gasteiger partial charge in [0.25, 0.3) is 5.91 Å². The van der Waals surface area contributed by atoms with Crippen molar-refractivity contribution < 1.29 is 23.8 Å². The lowest BCUT2D eigenvalue weighted by Gasteiger charge is -2.29. The summed E-state index contributed by atoms with van der Waals surface area (Å²) in [6, 6.07) is 0. The van der Waals surface area contributed by atoms with E-state index in [0.29, 0.717) is 13.1 Å².